The molecule has 0 radical (unpaired) electrons. The molecule has 7 heteroatoms. The molecular weight excluding hydrogens is 364 g/mol. The van der Waals surface area contributed by atoms with Crippen molar-refractivity contribution in [3.63, 3.8) is 0 Å². The number of ketones is 1. The van der Waals surface area contributed by atoms with Crippen molar-refractivity contribution in [3.05, 3.63) is 48.0 Å². The van der Waals surface area contributed by atoms with E-state index in [1.54, 1.807) is 24.3 Å². The second-order valence-electron chi connectivity index (χ2n) is 5.75. The molecule has 0 fully saturated rings. The lowest BCUT2D eigenvalue weighted by molar-refractivity contribution is -0.116. The van der Waals surface area contributed by atoms with E-state index in [-0.39, 0.29) is 24.5 Å². The van der Waals surface area contributed by atoms with Crippen molar-refractivity contribution < 1.29 is 19.1 Å². The highest BCUT2D eigenvalue weighted by molar-refractivity contribution is 7.22. The molecule has 0 aliphatic rings. The summed E-state index contributed by atoms with van der Waals surface area (Å²) in [6.45, 7) is 2.52. The molecule has 3 aromatic rings. The van der Waals surface area contributed by atoms with Crippen LogP contribution in [-0.4, -0.2) is 30.4 Å². The molecule has 0 unspecified atom stereocenters. The second kappa shape index (κ2) is 8.64. The number of Topliss-reactive ketones (excluding diaryl/α,β-unsaturated/α-hetero) is 1. The molecular formula is C20H20N2O4S. The Balaban J connectivity index is 1.60. The van der Waals surface area contributed by atoms with Crippen molar-refractivity contribution in [3.8, 4) is 11.5 Å². The van der Waals surface area contributed by atoms with Gasteiger partial charge in [0.15, 0.2) is 10.9 Å². The maximum absolute atomic E-state index is 12.3. The Morgan fingerprint density at radius 1 is 1.15 bits per heavy atom. The normalized spacial score (nSPS) is 10.6. The largest absolute Gasteiger partial charge is 0.496 e. The Morgan fingerprint density at radius 2 is 1.96 bits per heavy atom. The van der Waals surface area contributed by atoms with Crippen LogP contribution in [0.3, 0.4) is 0 Å². The molecule has 0 bridgehead atoms. The van der Waals surface area contributed by atoms with Gasteiger partial charge in [-0.2, -0.15) is 0 Å². The number of amides is 1. The maximum atomic E-state index is 12.3. The van der Waals surface area contributed by atoms with Crippen molar-refractivity contribution in [1.29, 1.82) is 0 Å². The van der Waals surface area contributed by atoms with E-state index in [2.05, 4.69) is 10.3 Å². The van der Waals surface area contributed by atoms with Crippen molar-refractivity contribution in [2.24, 2.45) is 0 Å². The van der Waals surface area contributed by atoms with E-state index in [1.807, 2.05) is 25.1 Å². The summed E-state index contributed by atoms with van der Waals surface area (Å²) >= 11 is 1.37. The molecule has 27 heavy (non-hydrogen) atoms. The lowest BCUT2D eigenvalue weighted by Crippen LogP contribution is -2.13. The number of rotatable bonds is 8. The van der Waals surface area contributed by atoms with E-state index in [0.717, 1.165) is 16.0 Å². The molecule has 0 saturated carbocycles. The van der Waals surface area contributed by atoms with Crippen LogP contribution >= 0.6 is 11.3 Å². The summed E-state index contributed by atoms with van der Waals surface area (Å²) in [7, 11) is 1.52. The Labute approximate surface area is 161 Å². The van der Waals surface area contributed by atoms with E-state index >= 15 is 0 Å². The topological polar surface area (TPSA) is 77.5 Å². The zero-order valence-electron chi connectivity index (χ0n) is 15.2. The van der Waals surface area contributed by atoms with Crippen LogP contribution in [0.4, 0.5) is 5.13 Å². The number of nitrogens with one attached hydrogen (secondary N) is 1. The number of aromatic nitrogens is 1. The molecule has 0 aliphatic carbocycles. The van der Waals surface area contributed by atoms with Gasteiger partial charge >= 0.3 is 0 Å². The third-order valence-corrected chi connectivity index (χ3v) is 4.84. The summed E-state index contributed by atoms with van der Waals surface area (Å²) in [5.41, 5.74) is 1.28. The summed E-state index contributed by atoms with van der Waals surface area (Å²) in [6, 6.07) is 12.6. The molecule has 1 heterocycles. The number of fused-ring (bicyclic) bond motifs is 1. The third kappa shape index (κ3) is 4.62. The van der Waals surface area contributed by atoms with Crippen LogP contribution in [0.15, 0.2) is 42.5 Å². The summed E-state index contributed by atoms with van der Waals surface area (Å²) < 4.78 is 11.6. The number of nitrogens with zero attached hydrogens (tertiary/aromatic N) is 1. The number of carbonyl (C=O) groups is 2. The minimum absolute atomic E-state index is 0.0804. The predicted octanol–water partition coefficient (Wildman–Crippen LogP) is 4.31. The van der Waals surface area contributed by atoms with Gasteiger partial charge < -0.3 is 14.8 Å². The zero-order valence-corrected chi connectivity index (χ0v) is 16.0. The van der Waals surface area contributed by atoms with E-state index in [0.29, 0.717) is 23.1 Å². The molecule has 0 aliphatic heterocycles. The van der Waals surface area contributed by atoms with E-state index in [1.165, 1.54) is 18.4 Å². The van der Waals surface area contributed by atoms with Gasteiger partial charge in [-0.1, -0.05) is 23.5 Å². The first kappa shape index (κ1) is 18.8. The number of para-hydroxylation sites is 1. The average Bonchev–Trinajstić information content (AvgIpc) is 3.07. The van der Waals surface area contributed by atoms with Gasteiger partial charge in [0.2, 0.25) is 5.91 Å². The fourth-order valence-electron chi connectivity index (χ4n) is 2.63. The van der Waals surface area contributed by atoms with Gasteiger partial charge in [0, 0.05) is 12.8 Å². The van der Waals surface area contributed by atoms with Crippen LogP contribution < -0.4 is 14.8 Å². The number of hydrogen-bond donors (Lipinski definition) is 1. The monoisotopic (exact) mass is 384 g/mol. The van der Waals surface area contributed by atoms with E-state index in [9.17, 15) is 9.59 Å². The minimum Gasteiger partial charge on any atom is -0.496 e. The first-order chi connectivity index (χ1) is 13.1. The fraction of sp³-hybridized carbons (Fsp3) is 0.250. The molecule has 0 spiro atoms. The Kier molecular flexibility index (Phi) is 6.03. The number of benzene rings is 2. The SMILES string of the molecule is CCOc1ccc2nc(NC(=O)CCC(=O)c3ccccc3OC)sc2c1. The van der Waals surface area contributed by atoms with E-state index < -0.39 is 0 Å². The predicted molar refractivity (Wildman–Crippen MR) is 106 cm³/mol. The molecule has 0 saturated heterocycles. The maximum Gasteiger partial charge on any atom is 0.226 e. The second-order valence-corrected chi connectivity index (χ2v) is 6.78. The van der Waals surface area contributed by atoms with Gasteiger partial charge in [0.1, 0.15) is 11.5 Å². The van der Waals surface area contributed by atoms with Gasteiger partial charge in [-0.05, 0) is 37.3 Å². The lowest BCUT2D eigenvalue weighted by atomic mass is 10.1. The molecule has 1 aromatic heterocycles. The van der Waals surface area contributed by atoms with Gasteiger partial charge in [0.05, 0.1) is 29.5 Å². The number of anilines is 1. The fourth-order valence-corrected chi connectivity index (χ4v) is 3.54. The minimum atomic E-state index is -0.248. The van der Waals surface area contributed by atoms with Crippen molar-refractivity contribution in [2.45, 2.75) is 19.8 Å². The van der Waals surface area contributed by atoms with Gasteiger partial charge in [-0.25, -0.2) is 4.98 Å². The Morgan fingerprint density at radius 3 is 2.74 bits per heavy atom. The van der Waals surface area contributed by atoms with Gasteiger partial charge in [-0.3, -0.25) is 9.59 Å². The quantitative estimate of drug-likeness (QED) is 0.586. The average molecular weight is 384 g/mol. The number of thiazole rings is 1. The van der Waals surface area contributed by atoms with Crippen molar-refractivity contribution in [1.82, 2.24) is 4.98 Å². The van der Waals surface area contributed by atoms with Crippen LogP contribution in [0.5, 0.6) is 11.5 Å². The Bertz CT molecular complexity index is 968. The third-order valence-electron chi connectivity index (χ3n) is 3.90. The van der Waals surface area contributed by atoms with Crippen LogP contribution in [0.2, 0.25) is 0 Å². The highest BCUT2D eigenvalue weighted by atomic mass is 32.1. The molecule has 1 N–H and O–H groups in total. The number of ether oxygens (including phenoxy) is 2. The molecule has 2 aromatic carbocycles. The first-order valence-corrected chi connectivity index (χ1v) is 9.41. The Hall–Kier alpha value is -2.93. The highest BCUT2D eigenvalue weighted by Crippen LogP contribution is 2.29. The number of methoxy groups -OCH3 is 1. The van der Waals surface area contributed by atoms with E-state index in [4.69, 9.17) is 9.47 Å². The van der Waals surface area contributed by atoms with Crippen LogP contribution in [0.25, 0.3) is 10.2 Å². The van der Waals surface area contributed by atoms with Gasteiger partial charge in [-0.15, -0.1) is 0 Å². The molecule has 6 nitrogen and oxygen atoms in total. The lowest BCUT2D eigenvalue weighted by Gasteiger charge is -2.07. The molecule has 0 atom stereocenters. The van der Waals surface area contributed by atoms with Gasteiger partial charge in [0.25, 0.3) is 0 Å². The molecule has 3 rings (SSSR count). The van der Waals surface area contributed by atoms with Crippen LogP contribution in [0.1, 0.15) is 30.1 Å². The first-order valence-electron chi connectivity index (χ1n) is 8.60. The number of carbonyl (C=O) groups excluding carboxylic acids is 2. The standard InChI is InChI=1S/C20H20N2O4S/c1-3-26-13-8-9-15-18(12-13)27-20(21-15)22-19(24)11-10-16(23)14-6-4-5-7-17(14)25-2/h4-9,12H,3,10-11H2,1-2H3,(H,21,22,24). The van der Waals surface area contributed by atoms with Crippen molar-refractivity contribution in [2.75, 3.05) is 19.0 Å². The summed E-state index contributed by atoms with van der Waals surface area (Å²) in [5, 5.41) is 3.27. The zero-order chi connectivity index (χ0) is 19.2. The van der Waals surface area contributed by atoms with Crippen LogP contribution in [-0.2, 0) is 4.79 Å². The summed E-state index contributed by atoms with van der Waals surface area (Å²) in [4.78, 5) is 28.9. The number of hydrogen-bond acceptors (Lipinski definition) is 6. The summed E-state index contributed by atoms with van der Waals surface area (Å²) in [6.07, 6.45) is 0.183. The van der Waals surface area contributed by atoms with Crippen LogP contribution in [0, 0.1) is 0 Å². The molecule has 140 valence electrons. The highest BCUT2D eigenvalue weighted by Gasteiger charge is 2.14. The smallest absolute Gasteiger partial charge is 0.226 e. The van der Waals surface area contributed by atoms with Crippen molar-refractivity contribution >= 4 is 38.4 Å². The molecule has 1 amide bonds. The summed E-state index contributed by atoms with van der Waals surface area (Å²) in [5.74, 6) is 0.906.